The van der Waals surface area contributed by atoms with E-state index in [9.17, 15) is 5.11 Å². The molecule has 3 atom stereocenters. The number of rotatable bonds is 3. The maximum absolute atomic E-state index is 11.6. The molecule has 2 aromatic rings. The fraction of sp³-hybridized carbons (Fsp3) is 0.591. The molecule has 2 heterocycles. The maximum Gasteiger partial charge on any atom is 0.0939 e. The summed E-state index contributed by atoms with van der Waals surface area (Å²) in [4.78, 5) is 2.49. The first kappa shape index (κ1) is 17.7. The molecule has 1 aromatic heterocycles. The molecule has 1 saturated heterocycles. The zero-order valence-corrected chi connectivity index (χ0v) is 16.2. The van der Waals surface area contributed by atoms with Crippen molar-refractivity contribution in [3.63, 3.8) is 0 Å². The second-order valence-corrected chi connectivity index (χ2v) is 9.27. The Kier molecular flexibility index (Phi) is 4.44. The molecule has 4 rings (SSSR count). The number of likely N-dealkylation sites (tertiary alicyclic amines) is 1. The fourth-order valence-electron chi connectivity index (χ4n) is 4.90. The van der Waals surface area contributed by atoms with E-state index in [0.29, 0.717) is 11.8 Å². The number of hydrogen-bond donors (Lipinski definition) is 2. The number of aromatic nitrogens is 2. The standard InChI is InChI=1S/C22H31N3O/c1-21(2,3)20-12-18(23-24-20)14-25-13-16-8-7-11-22(26,19(16)15-25)17-9-5-4-6-10-17/h4-6,9-10,12,16,19,26H,7-8,11,13-15H2,1-3H3,(H,23,24)/t16-,19+,22+/m1/s1. The van der Waals surface area contributed by atoms with E-state index in [2.05, 4.69) is 54.1 Å². The normalized spacial score (nSPS) is 29.7. The number of nitrogens with one attached hydrogen (secondary N) is 1. The molecule has 1 saturated carbocycles. The van der Waals surface area contributed by atoms with Crippen LogP contribution in [0.1, 0.15) is 57.0 Å². The minimum Gasteiger partial charge on any atom is -0.385 e. The van der Waals surface area contributed by atoms with Gasteiger partial charge in [-0.05, 0) is 36.8 Å². The first-order valence-corrected chi connectivity index (χ1v) is 9.91. The van der Waals surface area contributed by atoms with Crippen molar-refractivity contribution in [3.8, 4) is 0 Å². The summed E-state index contributed by atoms with van der Waals surface area (Å²) in [6.07, 6.45) is 3.22. The van der Waals surface area contributed by atoms with Crippen molar-refractivity contribution in [1.82, 2.24) is 15.1 Å². The number of hydrogen-bond acceptors (Lipinski definition) is 3. The number of benzene rings is 1. The highest BCUT2D eigenvalue weighted by molar-refractivity contribution is 5.25. The van der Waals surface area contributed by atoms with Crippen molar-refractivity contribution in [2.24, 2.45) is 11.8 Å². The molecule has 0 spiro atoms. The first-order chi connectivity index (χ1) is 12.4. The molecule has 0 radical (unpaired) electrons. The molecule has 4 heteroatoms. The molecule has 4 nitrogen and oxygen atoms in total. The maximum atomic E-state index is 11.6. The Morgan fingerprint density at radius 1 is 1.23 bits per heavy atom. The van der Waals surface area contributed by atoms with Crippen LogP contribution < -0.4 is 0 Å². The van der Waals surface area contributed by atoms with Crippen molar-refractivity contribution in [2.75, 3.05) is 13.1 Å². The van der Waals surface area contributed by atoms with Gasteiger partial charge in [0, 0.05) is 36.7 Å². The average Bonchev–Trinajstić information content (AvgIpc) is 3.23. The van der Waals surface area contributed by atoms with E-state index in [1.54, 1.807) is 0 Å². The lowest BCUT2D eigenvalue weighted by atomic mass is 9.67. The Hall–Kier alpha value is -1.65. The number of fused-ring (bicyclic) bond motifs is 1. The zero-order chi connectivity index (χ0) is 18.4. The van der Waals surface area contributed by atoms with Gasteiger partial charge >= 0.3 is 0 Å². The largest absolute Gasteiger partial charge is 0.385 e. The van der Waals surface area contributed by atoms with Gasteiger partial charge < -0.3 is 5.11 Å². The second-order valence-electron chi connectivity index (χ2n) is 9.27. The number of aromatic amines is 1. The van der Waals surface area contributed by atoms with Gasteiger partial charge in [0.1, 0.15) is 0 Å². The third-order valence-corrected chi connectivity index (χ3v) is 6.33. The summed E-state index contributed by atoms with van der Waals surface area (Å²) in [6, 6.07) is 12.5. The first-order valence-electron chi connectivity index (χ1n) is 9.91. The minimum atomic E-state index is -0.677. The summed E-state index contributed by atoms with van der Waals surface area (Å²) in [7, 11) is 0. The van der Waals surface area contributed by atoms with Crippen LogP contribution in [-0.2, 0) is 17.6 Å². The molecule has 2 aliphatic rings. The van der Waals surface area contributed by atoms with Gasteiger partial charge in [0.15, 0.2) is 0 Å². The van der Waals surface area contributed by atoms with Gasteiger partial charge in [0.2, 0.25) is 0 Å². The highest BCUT2D eigenvalue weighted by Crippen LogP contribution is 2.48. The Bertz CT molecular complexity index is 748. The van der Waals surface area contributed by atoms with Crippen molar-refractivity contribution in [3.05, 3.63) is 53.3 Å². The highest BCUT2D eigenvalue weighted by Gasteiger charge is 2.49. The van der Waals surface area contributed by atoms with Crippen molar-refractivity contribution >= 4 is 0 Å². The minimum absolute atomic E-state index is 0.0707. The van der Waals surface area contributed by atoms with E-state index in [0.717, 1.165) is 43.7 Å². The quantitative estimate of drug-likeness (QED) is 0.882. The van der Waals surface area contributed by atoms with Crippen LogP contribution in [0, 0.1) is 11.8 Å². The van der Waals surface area contributed by atoms with E-state index >= 15 is 0 Å². The summed E-state index contributed by atoms with van der Waals surface area (Å²) in [5.41, 5.74) is 2.78. The van der Waals surface area contributed by atoms with Gasteiger partial charge in [-0.2, -0.15) is 5.10 Å². The molecule has 140 valence electrons. The summed E-state index contributed by atoms with van der Waals surface area (Å²) in [6.45, 7) is 9.50. The Balaban J connectivity index is 1.50. The molecule has 2 fully saturated rings. The lowest BCUT2D eigenvalue weighted by Crippen LogP contribution is -2.42. The van der Waals surface area contributed by atoms with Crippen LogP contribution in [0.15, 0.2) is 36.4 Å². The number of nitrogens with zero attached hydrogens (tertiary/aromatic N) is 2. The van der Waals surface area contributed by atoms with Crippen molar-refractivity contribution in [1.29, 1.82) is 0 Å². The third-order valence-electron chi connectivity index (χ3n) is 6.33. The van der Waals surface area contributed by atoms with Crippen molar-refractivity contribution in [2.45, 2.75) is 57.6 Å². The van der Waals surface area contributed by atoms with Crippen LogP contribution >= 0.6 is 0 Å². The fourth-order valence-corrected chi connectivity index (χ4v) is 4.90. The van der Waals surface area contributed by atoms with Crippen LogP contribution in [-0.4, -0.2) is 33.3 Å². The Morgan fingerprint density at radius 2 is 2.00 bits per heavy atom. The Morgan fingerprint density at radius 3 is 2.69 bits per heavy atom. The number of aliphatic hydroxyl groups is 1. The van der Waals surface area contributed by atoms with Crippen molar-refractivity contribution < 1.29 is 5.11 Å². The van der Waals surface area contributed by atoms with Crippen LogP contribution in [0.5, 0.6) is 0 Å². The third kappa shape index (κ3) is 3.21. The topological polar surface area (TPSA) is 52.1 Å². The van der Waals surface area contributed by atoms with Crippen LogP contribution in [0.3, 0.4) is 0 Å². The molecule has 1 aliphatic heterocycles. The van der Waals surface area contributed by atoms with Gasteiger partial charge in [-0.3, -0.25) is 10.00 Å². The number of H-pyrrole nitrogens is 1. The predicted molar refractivity (Wildman–Crippen MR) is 104 cm³/mol. The summed E-state index contributed by atoms with van der Waals surface area (Å²) < 4.78 is 0. The Labute approximate surface area is 156 Å². The zero-order valence-electron chi connectivity index (χ0n) is 16.2. The molecule has 0 amide bonds. The molecular formula is C22H31N3O. The summed E-state index contributed by atoms with van der Waals surface area (Å²) in [5, 5.41) is 19.3. The van der Waals surface area contributed by atoms with E-state index in [1.807, 2.05) is 18.2 Å². The van der Waals surface area contributed by atoms with E-state index in [1.165, 1.54) is 12.1 Å². The summed E-state index contributed by atoms with van der Waals surface area (Å²) >= 11 is 0. The predicted octanol–water partition coefficient (Wildman–Crippen LogP) is 3.83. The lowest BCUT2D eigenvalue weighted by Gasteiger charge is -2.41. The monoisotopic (exact) mass is 353 g/mol. The SMILES string of the molecule is CC(C)(C)c1cc(CN2C[C@H]3CCC[C@](O)(c4ccccc4)[C@H]3C2)[nH]n1. The molecular weight excluding hydrogens is 322 g/mol. The molecule has 26 heavy (non-hydrogen) atoms. The van der Waals surface area contributed by atoms with Crippen LogP contribution in [0.2, 0.25) is 0 Å². The molecule has 0 unspecified atom stereocenters. The summed E-state index contributed by atoms with van der Waals surface area (Å²) in [5.74, 6) is 0.905. The van der Waals surface area contributed by atoms with Gasteiger partial charge in [-0.25, -0.2) is 0 Å². The lowest BCUT2D eigenvalue weighted by molar-refractivity contribution is -0.0648. The molecule has 2 N–H and O–H groups in total. The van der Waals surface area contributed by atoms with E-state index in [-0.39, 0.29) is 5.41 Å². The molecule has 0 bridgehead atoms. The van der Waals surface area contributed by atoms with E-state index in [4.69, 9.17) is 0 Å². The van der Waals surface area contributed by atoms with Crippen LogP contribution in [0.25, 0.3) is 0 Å². The molecule has 1 aromatic carbocycles. The highest BCUT2D eigenvalue weighted by atomic mass is 16.3. The van der Waals surface area contributed by atoms with E-state index < -0.39 is 5.60 Å². The smallest absolute Gasteiger partial charge is 0.0939 e. The molecule has 1 aliphatic carbocycles. The van der Waals surface area contributed by atoms with Gasteiger partial charge in [-0.1, -0.05) is 51.1 Å². The second kappa shape index (κ2) is 6.50. The van der Waals surface area contributed by atoms with Gasteiger partial charge in [0.25, 0.3) is 0 Å². The van der Waals surface area contributed by atoms with Crippen LogP contribution in [0.4, 0.5) is 0 Å². The van der Waals surface area contributed by atoms with Gasteiger partial charge in [0.05, 0.1) is 11.3 Å². The van der Waals surface area contributed by atoms with Gasteiger partial charge in [-0.15, -0.1) is 0 Å². The average molecular weight is 354 g/mol.